The van der Waals surface area contributed by atoms with Gasteiger partial charge in [0.05, 0.1) is 10.6 Å². The van der Waals surface area contributed by atoms with E-state index in [-0.39, 0.29) is 5.91 Å². The molecule has 0 saturated carbocycles. The van der Waals surface area contributed by atoms with Crippen LogP contribution in [-0.4, -0.2) is 17.2 Å². The standard InChI is InChI=1S/C13H9ClN2O2/c14-12-7-15-6-5-11(12)13(18)16-10-3-1-9(8-17)2-4-10/h1-8H,(H,16,18). The number of rotatable bonds is 3. The molecule has 0 aliphatic rings. The zero-order valence-corrected chi connectivity index (χ0v) is 10.0. The number of carbonyl (C=O) groups excluding carboxylic acids is 2. The molecule has 2 rings (SSSR count). The van der Waals surface area contributed by atoms with Crippen molar-refractivity contribution < 1.29 is 9.59 Å². The number of carbonyl (C=O) groups is 2. The van der Waals surface area contributed by atoms with Crippen LogP contribution in [0.5, 0.6) is 0 Å². The van der Waals surface area contributed by atoms with Crippen LogP contribution in [0.3, 0.4) is 0 Å². The van der Waals surface area contributed by atoms with Gasteiger partial charge in [-0.25, -0.2) is 0 Å². The van der Waals surface area contributed by atoms with Crippen molar-refractivity contribution in [3.63, 3.8) is 0 Å². The summed E-state index contributed by atoms with van der Waals surface area (Å²) < 4.78 is 0. The van der Waals surface area contributed by atoms with E-state index in [1.807, 2.05) is 0 Å². The number of benzene rings is 1. The number of nitrogens with one attached hydrogen (secondary N) is 1. The topological polar surface area (TPSA) is 59.1 Å². The van der Waals surface area contributed by atoms with Crippen molar-refractivity contribution >= 4 is 29.5 Å². The van der Waals surface area contributed by atoms with E-state index in [0.717, 1.165) is 6.29 Å². The van der Waals surface area contributed by atoms with Gasteiger partial charge in [-0.15, -0.1) is 0 Å². The van der Waals surface area contributed by atoms with E-state index >= 15 is 0 Å². The average molecular weight is 261 g/mol. The Bertz CT molecular complexity index is 582. The first-order valence-electron chi connectivity index (χ1n) is 5.17. The molecule has 0 saturated heterocycles. The van der Waals surface area contributed by atoms with E-state index < -0.39 is 0 Å². The maximum Gasteiger partial charge on any atom is 0.257 e. The third-order valence-electron chi connectivity index (χ3n) is 2.32. The lowest BCUT2D eigenvalue weighted by molar-refractivity contribution is 0.102. The van der Waals surface area contributed by atoms with Crippen LogP contribution >= 0.6 is 11.6 Å². The van der Waals surface area contributed by atoms with E-state index in [2.05, 4.69) is 10.3 Å². The monoisotopic (exact) mass is 260 g/mol. The fourth-order valence-corrected chi connectivity index (χ4v) is 1.61. The lowest BCUT2D eigenvalue weighted by Crippen LogP contribution is -2.12. The number of amides is 1. The molecule has 0 fully saturated rings. The summed E-state index contributed by atoms with van der Waals surface area (Å²) in [5.41, 5.74) is 1.50. The van der Waals surface area contributed by atoms with Gasteiger partial charge in [-0.1, -0.05) is 11.6 Å². The summed E-state index contributed by atoms with van der Waals surface area (Å²) >= 11 is 5.86. The number of pyridine rings is 1. The van der Waals surface area contributed by atoms with Gasteiger partial charge in [0.25, 0.3) is 5.91 Å². The molecule has 0 unspecified atom stereocenters. The molecule has 1 aromatic heterocycles. The third-order valence-corrected chi connectivity index (χ3v) is 2.62. The normalized spacial score (nSPS) is 9.83. The molecule has 2 aromatic rings. The molecule has 0 bridgehead atoms. The molecule has 0 aliphatic heterocycles. The summed E-state index contributed by atoms with van der Waals surface area (Å²) in [7, 11) is 0. The van der Waals surface area contributed by atoms with Crippen molar-refractivity contribution in [3.8, 4) is 0 Å². The minimum atomic E-state index is -0.318. The van der Waals surface area contributed by atoms with Crippen LogP contribution in [0.2, 0.25) is 5.02 Å². The van der Waals surface area contributed by atoms with Crippen molar-refractivity contribution in [1.29, 1.82) is 0 Å². The van der Waals surface area contributed by atoms with Gasteiger partial charge in [-0.05, 0) is 30.3 Å². The highest BCUT2D eigenvalue weighted by Crippen LogP contribution is 2.16. The molecule has 1 heterocycles. The predicted octanol–water partition coefficient (Wildman–Crippen LogP) is 2.80. The van der Waals surface area contributed by atoms with Crippen LogP contribution in [0.25, 0.3) is 0 Å². The molecule has 1 amide bonds. The lowest BCUT2D eigenvalue weighted by atomic mass is 10.2. The Morgan fingerprint density at radius 1 is 1.22 bits per heavy atom. The molecule has 1 aromatic carbocycles. The van der Waals surface area contributed by atoms with E-state index in [4.69, 9.17) is 11.6 Å². The zero-order chi connectivity index (χ0) is 13.0. The van der Waals surface area contributed by atoms with Crippen molar-refractivity contribution in [2.24, 2.45) is 0 Å². The third kappa shape index (κ3) is 2.73. The van der Waals surface area contributed by atoms with Gasteiger partial charge in [0.15, 0.2) is 0 Å². The van der Waals surface area contributed by atoms with Gasteiger partial charge >= 0.3 is 0 Å². The summed E-state index contributed by atoms with van der Waals surface area (Å²) in [5.74, 6) is -0.318. The minimum Gasteiger partial charge on any atom is -0.322 e. The quantitative estimate of drug-likeness (QED) is 0.864. The van der Waals surface area contributed by atoms with Crippen molar-refractivity contribution in [3.05, 3.63) is 58.9 Å². The Hall–Kier alpha value is -2.20. The summed E-state index contributed by atoms with van der Waals surface area (Å²) in [6.45, 7) is 0. The Balaban J connectivity index is 2.16. The fraction of sp³-hybridized carbons (Fsp3) is 0. The fourth-order valence-electron chi connectivity index (χ4n) is 1.40. The number of anilines is 1. The van der Waals surface area contributed by atoms with Gasteiger partial charge in [0, 0.05) is 23.6 Å². The van der Waals surface area contributed by atoms with Gasteiger partial charge in [0.1, 0.15) is 6.29 Å². The summed E-state index contributed by atoms with van der Waals surface area (Å²) in [6.07, 6.45) is 3.65. The van der Waals surface area contributed by atoms with Crippen LogP contribution < -0.4 is 5.32 Å². The van der Waals surface area contributed by atoms with E-state index in [1.165, 1.54) is 18.5 Å². The maximum absolute atomic E-state index is 11.9. The number of hydrogen-bond donors (Lipinski definition) is 1. The molecule has 5 heteroatoms. The molecule has 0 spiro atoms. The average Bonchev–Trinajstić information content (AvgIpc) is 2.40. The van der Waals surface area contributed by atoms with Crippen LogP contribution in [0.1, 0.15) is 20.7 Å². The molecule has 4 nitrogen and oxygen atoms in total. The second-order valence-electron chi connectivity index (χ2n) is 3.55. The molecule has 18 heavy (non-hydrogen) atoms. The summed E-state index contributed by atoms with van der Waals surface area (Å²) in [5, 5.41) is 2.97. The first kappa shape index (κ1) is 12.3. The van der Waals surface area contributed by atoms with E-state index in [0.29, 0.717) is 21.8 Å². The van der Waals surface area contributed by atoms with Gasteiger partial charge in [-0.3, -0.25) is 14.6 Å². The number of aldehydes is 1. The highest BCUT2D eigenvalue weighted by molar-refractivity contribution is 6.34. The van der Waals surface area contributed by atoms with Gasteiger partial charge in [0.2, 0.25) is 0 Å². The highest BCUT2D eigenvalue weighted by atomic mass is 35.5. The smallest absolute Gasteiger partial charge is 0.257 e. The predicted molar refractivity (Wildman–Crippen MR) is 69.0 cm³/mol. The van der Waals surface area contributed by atoms with Gasteiger partial charge < -0.3 is 5.32 Å². The molecular formula is C13H9ClN2O2. The molecule has 1 N–H and O–H groups in total. The lowest BCUT2D eigenvalue weighted by Gasteiger charge is -2.06. The molecule has 0 radical (unpaired) electrons. The van der Waals surface area contributed by atoms with E-state index in [1.54, 1.807) is 24.3 Å². The first-order chi connectivity index (χ1) is 8.70. The largest absolute Gasteiger partial charge is 0.322 e. The van der Waals surface area contributed by atoms with Gasteiger partial charge in [-0.2, -0.15) is 0 Å². The minimum absolute atomic E-state index is 0.291. The molecular weight excluding hydrogens is 252 g/mol. The number of hydrogen-bond acceptors (Lipinski definition) is 3. The molecule has 0 atom stereocenters. The van der Waals surface area contributed by atoms with E-state index in [9.17, 15) is 9.59 Å². The second kappa shape index (κ2) is 5.42. The van der Waals surface area contributed by atoms with Crippen LogP contribution in [-0.2, 0) is 0 Å². The summed E-state index contributed by atoms with van der Waals surface area (Å²) in [4.78, 5) is 26.2. The number of aromatic nitrogens is 1. The van der Waals surface area contributed by atoms with Crippen LogP contribution in [0.4, 0.5) is 5.69 Å². The van der Waals surface area contributed by atoms with Crippen LogP contribution in [0.15, 0.2) is 42.7 Å². The number of halogens is 1. The zero-order valence-electron chi connectivity index (χ0n) is 9.26. The second-order valence-corrected chi connectivity index (χ2v) is 3.96. The molecule has 0 aliphatic carbocycles. The van der Waals surface area contributed by atoms with Crippen molar-refractivity contribution in [2.75, 3.05) is 5.32 Å². The Kier molecular flexibility index (Phi) is 3.69. The first-order valence-corrected chi connectivity index (χ1v) is 5.54. The Labute approximate surface area is 109 Å². The maximum atomic E-state index is 11.9. The number of nitrogens with zero attached hydrogens (tertiary/aromatic N) is 1. The SMILES string of the molecule is O=Cc1ccc(NC(=O)c2ccncc2Cl)cc1. The molecule has 90 valence electrons. The highest BCUT2D eigenvalue weighted by Gasteiger charge is 2.09. The summed E-state index contributed by atoms with van der Waals surface area (Å²) in [6, 6.07) is 8.08. The Morgan fingerprint density at radius 3 is 2.56 bits per heavy atom. The van der Waals surface area contributed by atoms with Crippen molar-refractivity contribution in [2.45, 2.75) is 0 Å². The Morgan fingerprint density at radius 2 is 1.94 bits per heavy atom. The van der Waals surface area contributed by atoms with Crippen LogP contribution in [0, 0.1) is 0 Å². The van der Waals surface area contributed by atoms with Crippen molar-refractivity contribution in [1.82, 2.24) is 4.98 Å².